The highest BCUT2D eigenvalue weighted by Gasteiger charge is 2.23. The number of carbonyl (C=O) groups is 2. The molecule has 2 aromatic heterocycles. The third-order valence-electron chi connectivity index (χ3n) is 5.22. The van der Waals surface area contributed by atoms with Gasteiger partial charge in [0.15, 0.2) is 0 Å². The van der Waals surface area contributed by atoms with Gasteiger partial charge in [0.05, 0.1) is 5.56 Å². The number of amides is 2. The number of carbonyl (C=O) groups excluding carboxylic acids is 2. The van der Waals surface area contributed by atoms with Crippen LogP contribution in [0.4, 0.5) is 0 Å². The van der Waals surface area contributed by atoms with Gasteiger partial charge in [-0.2, -0.15) is 0 Å². The molecule has 0 saturated carbocycles. The van der Waals surface area contributed by atoms with E-state index in [9.17, 15) is 9.59 Å². The lowest BCUT2D eigenvalue weighted by molar-refractivity contribution is -0.126. The maximum Gasteiger partial charge on any atom is 0.253 e. The minimum Gasteiger partial charge on any atom is -0.349 e. The molecule has 0 unspecified atom stereocenters. The van der Waals surface area contributed by atoms with Crippen molar-refractivity contribution in [2.24, 2.45) is 0 Å². The average Bonchev–Trinajstić information content (AvgIpc) is 3.27. The normalized spacial score (nSPS) is 14.7. The van der Waals surface area contributed by atoms with Gasteiger partial charge >= 0.3 is 0 Å². The van der Waals surface area contributed by atoms with E-state index >= 15 is 0 Å². The highest BCUT2D eigenvalue weighted by molar-refractivity contribution is 7.16. The lowest BCUT2D eigenvalue weighted by Gasteiger charge is -2.31. The predicted octanol–water partition coefficient (Wildman–Crippen LogP) is 4.90. The Balaban J connectivity index is 1.29. The quantitative estimate of drug-likeness (QED) is 0.561. The number of nitrogens with zero attached hydrogens (tertiary/aromatic N) is 2. The topological polar surface area (TPSA) is 62.3 Å². The standard InChI is InChI=1S/C24H22ClN3O2S/c25-21-6-2-1-5-20(21)22-9-7-19(31-22)8-10-23(29)28-14-11-18(12-15-28)27-24(30)17-4-3-13-26-16-17/h1-10,13,16,18H,11-12,14-15H2,(H,27,30)/b10-8+. The Morgan fingerprint density at radius 2 is 1.90 bits per heavy atom. The number of halogens is 1. The molecule has 31 heavy (non-hydrogen) atoms. The van der Waals surface area contributed by atoms with Gasteiger partial charge in [0, 0.05) is 57.9 Å². The largest absolute Gasteiger partial charge is 0.349 e. The summed E-state index contributed by atoms with van der Waals surface area (Å²) in [7, 11) is 0. The van der Waals surface area contributed by atoms with E-state index in [0.29, 0.717) is 18.7 Å². The summed E-state index contributed by atoms with van der Waals surface area (Å²) in [4.78, 5) is 32.7. The van der Waals surface area contributed by atoms with Crippen molar-refractivity contribution in [2.75, 3.05) is 13.1 Å². The van der Waals surface area contributed by atoms with Crippen molar-refractivity contribution >= 4 is 40.8 Å². The second-order valence-corrected chi connectivity index (χ2v) is 8.85. The molecule has 3 aromatic rings. The van der Waals surface area contributed by atoms with E-state index in [1.807, 2.05) is 47.4 Å². The van der Waals surface area contributed by atoms with Crippen molar-refractivity contribution in [3.63, 3.8) is 0 Å². The van der Waals surface area contributed by atoms with Crippen LogP contribution in [0.15, 0.2) is 67.0 Å². The Hall–Kier alpha value is -2.96. The molecule has 1 N–H and O–H groups in total. The molecule has 7 heteroatoms. The Kier molecular flexibility index (Phi) is 6.79. The molecule has 3 heterocycles. The molecule has 0 aliphatic carbocycles. The van der Waals surface area contributed by atoms with E-state index in [0.717, 1.165) is 33.2 Å². The first-order valence-corrected chi connectivity index (χ1v) is 11.3. The summed E-state index contributed by atoms with van der Waals surface area (Å²) < 4.78 is 0. The van der Waals surface area contributed by atoms with Gasteiger partial charge in [-0.25, -0.2) is 0 Å². The number of rotatable bonds is 5. The predicted molar refractivity (Wildman–Crippen MR) is 125 cm³/mol. The Bertz CT molecular complexity index is 1090. The van der Waals surface area contributed by atoms with Crippen molar-refractivity contribution in [1.29, 1.82) is 0 Å². The molecule has 0 spiro atoms. The van der Waals surface area contributed by atoms with Crippen LogP contribution >= 0.6 is 22.9 Å². The number of piperidine rings is 1. The van der Waals surface area contributed by atoms with E-state index in [4.69, 9.17) is 11.6 Å². The zero-order valence-corrected chi connectivity index (χ0v) is 18.4. The summed E-state index contributed by atoms with van der Waals surface area (Å²) in [6, 6.07) is 15.3. The average molecular weight is 452 g/mol. The summed E-state index contributed by atoms with van der Waals surface area (Å²) in [5, 5.41) is 3.75. The number of benzene rings is 1. The van der Waals surface area contributed by atoms with E-state index in [1.54, 1.807) is 41.9 Å². The highest BCUT2D eigenvalue weighted by Crippen LogP contribution is 2.33. The third kappa shape index (κ3) is 5.40. The van der Waals surface area contributed by atoms with Gasteiger partial charge in [-0.05, 0) is 49.2 Å². The fourth-order valence-electron chi connectivity index (χ4n) is 3.52. The first kappa shape index (κ1) is 21.3. The first-order chi connectivity index (χ1) is 15.1. The smallest absolute Gasteiger partial charge is 0.253 e. The second-order valence-electron chi connectivity index (χ2n) is 7.33. The van der Waals surface area contributed by atoms with Crippen molar-refractivity contribution in [2.45, 2.75) is 18.9 Å². The maximum absolute atomic E-state index is 12.6. The molecule has 2 amide bonds. The molecule has 4 rings (SSSR count). The van der Waals surface area contributed by atoms with Gasteiger partial charge in [0.2, 0.25) is 5.91 Å². The molecule has 0 bridgehead atoms. The number of hydrogen-bond acceptors (Lipinski definition) is 4. The lowest BCUT2D eigenvalue weighted by atomic mass is 10.0. The van der Waals surface area contributed by atoms with E-state index in [2.05, 4.69) is 10.3 Å². The number of thiophene rings is 1. The van der Waals surface area contributed by atoms with Crippen LogP contribution in [0.5, 0.6) is 0 Å². The number of nitrogens with one attached hydrogen (secondary N) is 1. The molecule has 1 aliphatic heterocycles. The number of hydrogen-bond donors (Lipinski definition) is 1. The van der Waals surface area contributed by atoms with Crippen LogP contribution in [-0.4, -0.2) is 40.8 Å². The van der Waals surface area contributed by atoms with Crippen molar-refractivity contribution in [3.05, 3.63) is 82.5 Å². The molecular formula is C24H22ClN3O2S. The SMILES string of the molecule is O=C(NC1CCN(C(=O)/C=C/c2ccc(-c3ccccc3Cl)s2)CC1)c1cccnc1. The molecule has 1 fully saturated rings. The van der Waals surface area contributed by atoms with Gasteiger partial charge in [-0.15, -0.1) is 11.3 Å². The fraction of sp³-hybridized carbons (Fsp3) is 0.208. The van der Waals surface area contributed by atoms with E-state index in [-0.39, 0.29) is 17.9 Å². The molecule has 1 aliphatic rings. The second kappa shape index (κ2) is 9.90. The first-order valence-electron chi connectivity index (χ1n) is 10.1. The summed E-state index contributed by atoms with van der Waals surface area (Å²) in [6.45, 7) is 1.24. The van der Waals surface area contributed by atoms with Gasteiger partial charge < -0.3 is 10.2 Å². The van der Waals surface area contributed by atoms with E-state index in [1.165, 1.54) is 0 Å². The zero-order valence-electron chi connectivity index (χ0n) is 16.8. The Labute approximate surface area is 190 Å². The lowest BCUT2D eigenvalue weighted by Crippen LogP contribution is -2.46. The van der Waals surface area contributed by atoms with Crippen LogP contribution < -0.4 is 5.32 Å². The van der Waals surface area contributed by atoms with Gasteiger partial charge in [-0.3, -0.25) is 14.6 Å². The molecular weight excluding hydrogens is 430 g/mol. The summed E-state index contributed by atoms with van der Waals surface area (Å²) in [5.41, 5.74) is 1.55. The molecule has 1 aromatic carbocycles. The molecule has 0 atom stereocenters. The number of pyridine rings is 1. The fourth-order valence-corrected chi connectivity index (χ4v) is 4.76. The summed E-state index contributed by atoms with van der Waals surface area (Å²) in [5.74, 6) is -0.130. The monoisotopic (exact) mass is 451 g/mol. The molecule has 158 valence electrons. The summed E-state index contributed by atoms with van der Waals surface area (Å²) >= 11 is 7.87. The van der Waals surface area contributed by atoms with Crippen LogP contribution in [0, 0.1) is 0 Å². The maximum atomic E-state index is 12.6. The third-order valence-corrected chi connectivity index (χ3v) is 6.64. The molecule has 0 radical (unpaired) electrons. The Morgan fingerprint density at radius 3 is 2.65 bits per heavy atom. The minimum atomic E-state index is -0.121. The molecule has 5 nitrogen and oxygen atoms in total. The Morgan fingerprint density at radius 1 is 1.10 bits per heavy atom. The van der Waals surface area contributed by atoms with Crippen LogP contribution in [0.25, 0.3) is 16.5 Å². The number of aromatic nitrogens is 1. The minimum absolute atomic E-state index is 0.00951. The zero-order chi connectivity index (χ0) is 21.6. The highest BCUT2D eigenvalue weighted by atomic mass is 35.5. The van der Waals surface area contributed by atoms with Crippen molar-refractivity contribution in [1.82, 2.24) is 15.2 Å². The van der Waals surface area contributed by atoms with Crippen molar-refractivity contribution in [3.8, 4) is 10.4 Å². The number of likely N-dealkylation sites (tertiary alicyclic amines) is 1. The van der Waals surface area contributed by atoms with E-state index < -0.39 is 0 Å². The van der Waals surface area contributed by atoms with Gasteiger partial charge in [0.1, 0.15) is 0 Å². The van der Waals surface area contributed by atoms with Crippen molar-refractivity contribution < 1.29 is 9.59 Å². The molecule has 1 saturated heterocycles. The van der Waals surface area contributed by atoms with Gasteiger partial charge in [-0.1, -0.05) is 29.8 Å². The van der Waals surface area contributed by atoms with Crippen LogP contribution in [0.3, 0.4) is 0 Å². The van der Waals surface area contributed by atoms with Crippen LogP contribution in [0.2, 0.25) is 5.02 Å². The summed E-state index contributed by atoms with van der Waals surface area (Å²) in [6.07, 6.45) is 8.14. The van der Waals surface area contributed by atoms with Gasteiger partial charge in [0.25, 0.3) is 5.91 Å². The van der Waals surface area contributed by atoms with Crippen LogP contribution in [0.1, 0.15) is 28.1 Å². The van der Waals surface area contributed by atoms with Crippen LogP contribution in [-0.2, 0) is 4.79 Å².